The lowest BCUT2D eigenvalue weighted by Gasteiger charge is -2.26. The molecule has 5 aromatic rings. The van der Waals surface area contributed by atoms with Crippen LogP contribution in [0.15, 0.2) is 99.3 Å². The number of benzene rings is 3. The highest BCUT2D eigenvalue weighted by Crippen LogP contribution is 2.39. The normalized spacial score (nSPS) is 13.6. The average molecular weight is 572 g/mol. The molecule has 0 amide bonds. The number of hydrogen-bond donors (Lipinski definition) is 0. The van der Waals surface area contributed by atoms with Crippen LogP contribution in [0.2, 0.25) is 0 Å². The Kier molecular flexibility index (Phi) is 7.00. The van der Waals surface area contributed by atoms with Crippen molar-refractivity contribution in [1.82, 2.24) is 9.72 Å². The number of hydrogen-bond acceptors (Lipinski definition) is 7. The van der Waals surface area contributed by atoms with E-state index >= 15 is 0 Å². The lowest BCUT2D eigenvalue weighted by atomic mass is 9.80. The molecule has 0 radical (unpaired) electrons. The molecule has 3 aromatic carbocycles. The predicted octanol–water partition coefficient (Wildman–Crippen LogP) is 5.66. The monoisotopic (exact) mass is 571 g/mol. The van der Waals surface area contributed by atoms with Gasteiger partial charge < -0.3 is 14.0 Å². The highest BCUT2D eigenvalue weighted by atomic mass is 32.2. The summed E-state index contributed by atoms with van der Waals surface area (Å²) in [5, 5.41) is 4.49. The van der Waals surface area contributed by atoms with Crippen molar-refractivity contribution in [2.24, 2.45) is 0 Å². The summed E-state index contributed by atoms with van der Waals surface area (Å²) in [6.07, 6.45) is 4.85. The quantitative estimate of drug-likeness (QED) is 0.225. The molecule has 6 rings (SSSR count). The fraction of sp³-hybridized carbons (Fsp3) is 0.226. The van der Waals surface area contributed by atoms with Gasteiger partial charge in [0.2, 0.25) is 0 Å². The highest BCUT2D eigenvalue weighted by molar-refractivity contribution is 7.92. The molecule has 9 nitrogen and oxygen atoms in total. The first-order chi connectivity index (χ1) is 19.9. The summed E-state index contributed by atoms with van der Waals surface area (Å²) < 4.78 is 46.6. The van der Waals surface area contributed by atoms with Crippen molar-refractivity contribution in [3.8, 4) is 17.2 Å². The Bertz CT molecular complexity index is 1860. The minimum Gasteiger partial charge on any atom is -0.497 e. The molecule has 1 fully saturated rings. The lowest BCUT2D eigenvalue weighted by molar-refractivity contribution is 0.401. The Balaban J connectivity index is 1.41. The second-order valence-corrected chi connectivity index (χ2v) is 11.9. The van der Waals surface area contributed by atoms with Crippen LogP contribution in [0.1, 0.15) is 36.3 Å². The van der Waals surface area contributed by atoms with Gasteiger partial charge in [0, 0.05) is 17.5 Å². The van der Waals surface area contributed by atoms with E-state index in [2.05, 4.69) is 5.16 Å². The third-order valence-electron chi connectivity index (χ3n) is 7.64. The van der Waals surface area contributed by atoms with Crippen LogP contribution < -0.4 is 19.3 Å². The van der Waals surface area contributed by atoms with E-state index < -0.39 is 10.0 Å². The van der Waals surface area contributed by atoms with Crippen molar-refractivity contribution in [2.45, 2.75) is 36.6 Å². The Morgan fingerprint density at radius 3 is 2.41 bits per heavy atom. The van der Waals surface area contributed by atoms with Gasteiger partial charge in [0.05, 0.1) is 36.9 Å². The van der Waals surface area contributed by atoms with Crippen molar-refractivity contribution < 1.29 is 22.4 Å². The summed E-state index contributed by atoms with van der Waals surface area (Å²) in [6.45, 7) is 0.0287. The molecule has 0 spiro atoms. The number of ether oxygens (including phenoxy) is 2. The fourth-order valence-corrected chi connectivity index (χ4v) is 6.59. The molecule has 41 heavy (non-hydrogen) atoms. The summed E-state index contributed by atoms with van der Waals surface area (Å²) in [7, 11) is -0.915. The van der Waals surface area contributed by atoms with Crippen molar-refractivity contribution in [3.63, 3.8) is 0 Å². The van der Waals surface area contributed by atoms with E-state index in [9.17, 15) is 13.2 Å². The number of methoxy groups -OCH3 is 2. The molecule has 0 atom stereocenters. The average Bonchev–Trinajstić information content (AvgIpc) is 3.49. The third-order valence-corrected chi connectivity index (χ3v) is 9.39. The van der Waals surface area contributed by atoms with Crippen molar-refractivity contribution in [3.05, 3.63) is 107 Å². The van der Waals surface area contributed by atoms with E-state index in [1.54, 1.807) is 61.3 Å². The van der Waals surface area contributed by atoms with Gasteiger partial charge in [-0.05, 0) is 78.4 Å². The SMILES string of the molecule is COc1ccc(CN(c2ccon2)S(=O)(=O)c2ccc3c(ccc(=O)n3-c3ccc(C4CCC4)cc3OC)c2)cc1. The van der Waals surface area contributed by atoms with Gasteiger partial charge in [-0.1, -0.05) is 29.8 Å². The molecular weight excluding hydrogens is 542 g/mol. The van der Waals surface area contributed by atoms with Gasteiger partial charge in [0.25, 0.3) is 15.6 Å². The maximum Gasteiger partial charge on any atom is 0.265 e. The number of anilines is 1. The molecular formula is C31H29N3O6S. The third kappa shape index (κ3) is 4.95. The van der Waals surface area contributed by atoms with Crippen LogP contribution in [0.5, 0.6) is 11.5 Å². The van der Waals surface area contributed by atoms with Gasteiger partial charge in [-0.3, -0.25) is 9.36 Å². The number of pyridine rings is 1. The highest BCUT2D eigenvalue weighted by Gasteiger charge is 2.28. The zero-order valence-corrected chi connectivity index (χ0v) is 23.5. The number of rotatable bonds is 9. The predicted molar refractivity (Wildman–Crippen MR) is 156 cm³/mol. The van der Waals surface area contributed by atoms with E-state index in [1.165, 1.54) is 40.8 Å². The van der Waals surface area contributed by atoms with E-state index in [0.29, 0.717) is 34.0 Å². The standard InChI is InChI=1S/C31H29N3O6S/c1-38-25-10-6-21(7-11-25)20-33(30-16-17-40-32-30)41(36,37)26-12-14-27-24(18-26)9-15-31(35)34(27)28-13-8-23(19-29(28)39-2)22-4-3-5-22/h6-19,22H,3-5,20H2,1-2H3. The second-order valence-electron chi connectivity index (χ2n) is 10.0. The minimum absolute atomic E-state index is 0.0287. The van der Waals surface area contributed by atoms with E-state index in [1.807, 2.05) is 18.2 Å². The molecule has 2 heterocycles. The number of sulfonamides is 1. The maximum atomic E-state index is 14.0. The molecule has 210 valence electrons. The number of fused-ring (bicyclic) bond motifs is 1. The molecule has 1 saturated carbocycles. The molecule has 0 unspecified atom stereocenters. The number of nitrogens with zero attached hydrogens (tertiary/aromatic N) is 3. The minimum atomic E-state index is -4.07. The second kappa shape index (κ2) is 10.8. The first-order valence-electron chi connectivity index (χ1n) is 13.3. The van der Waals surface area contributed by atoms with Crippen LogP contribution in [0, 0.1) is 0 Å². The van der Waals surface area contributed by atoms with Gasteiger partial charge in [-0.25, -0.2) is 12.7 Å². The summed E-state index contributed by atoms with van der Waals surface area (Å²) in [5.41, 5.74) is 2.86. The first-order valence-corrected chi connectivity index (χ1v) is 14.7. The molecule has 1 aliphatic carbocycles. The van der Waals surface area contributed by atoms with Crippen molar-refractivity contribution in [1.29, 1.82) is 0 Å². The topological polar surface area (TPSA) is 104 Å². The molecule has 0 aliphatic heterocycles. The van der Waals surface area contributed by atoms with Crippen LogP contribution in [-0.4, -0.2) is 32.4 Å². The van der Waals surface area contributed by atoms with Gasteiger partial charge in [-0.15, -0.1) is 0 Å². The first kappa shape index (κ1) is 26.6. The Morgan fingerprint density at radius 2 is 1.76 bits per heavy atom. The van der Waals surface area contributed by atoms with Gasteiger partial charge in [0.15, 0.2) is 5.82 Å². The van der Waals surface area contributed by atoms with E-state index in [4.69, 9.17) is 14.0 Å². The van der Waals surface area contributed by atoms with E-state index in [0.717, 1.165) is 18.4 Å². The molecule has 0 N–H and O–H groups in total. The van der Waals surface area contributed by atoms with Crippen LogP contribution in [0.25, 0.3) is 16.6 Å². The van der Waals surface area contributed by atoms with Crippen LogP contribution in [0.4, 0.5) is 5.82 Å². The molecule has 0 bridgehead atoms. The Labute approximate surface area is 237 Å². The molecule has 2 aromatic heterocycles. The molecule has 0 saturated heterocycles. The summed E-state index contributed by atoms with van der Waals surface area (Å²) in [4.78, 5) is 13.2. The zero-order chi connectivity index (χ0) is 28.6. The number of aromatic nitrogens is 2. The summed E-state index contributed by atoms with van der Waals surface area (Å²) in [6, 6.07) is 22.4. The van der Waals surface area contributed by atoms with Gasteiger partial charge in [-0.2, -0.15) is 0 Å². The zero-order valence-electron chi connectivity index (χ0n) is 22.7. The fourth-order valence-electron chi connectivity index (χ4n) is 5.16. The smallest absolute Gasteiger partial charge is 0.265 e. The Hall–Kier alpha value is -4.57. The lowest BCUT2D eigenvalue weighted by Crippen LogP contribution is -2.31. The van der Waals surface area contributed by atoms with E-state index in [-0.39, 0.29) is 22.8 Å². The summed E-state index contributed by atoms with van der Waals surface area (Å²) in [5.74, 6) is 1.93. The largest absolute Gasteiger partial charge is 0.497 e. The molecule has 1 aliphatic rings. The van der Waals surface area contributed by atoms with Crippen molar-refractivity contribution in [2.75, 3.05) is 18.5 Å². The van der Waals surface area contributed by atoms with Crippen LogP contribution in [-0.2, 0) is 16.6 Å². The molecule has 10 heteroatoms. The summed E-state index contributed by atoms with van der Waals surface area (Å²) >= 11 is 0. The Morgan fingerprint density at radius 1 is 0.951 bits per heavy atom. The van der Waals surface area contributed by atoms with Gasteiger partial charge in [0.1, 0.15) is 17.8 Å². The maximum absolute atomic E-state index is 14.0. The van der Waals surface area contributed by atoms with Crippen molar-refractivity contribution >= 4 is 26.7 Å². The van der Waals surface area contributed by atoms with Gasteiger partial charge >= 0.3 is 0 Å². The van der Waals surface area contributed by atoms with Crippen LogP contribution in [0.3, 0.4) is 0 Å². The van der Waals surface area contributed by atoms with Crippen LogP contribution >= 0.6 is 0 Å².